The van der Waals surface area contributed by atoms with Crippen molar-refractivity contribution in [1.82, 2.24) is 5.32 Å². The van der Waals surface area contributed by atoms with Crippen LogP contribution in [0, 0.1) is 5.53 Å². The summed E-state index contributed by atoms with van der Waals surface area (Å²) in [4.78, 5) is 4.64. The smallest absolute Gasteiger partial charge is 0.0801 e. The van der Waals surface area contributed by atoms with Gasteiger partial charge in [0.2, 0.25) is 0 Å². The van der Waals surface area contributed by atoms with Gasteiger partial charge in [-0.25, -0.2) is 0 Å². The average Bonchev–Trinajstić information content (AvgIpc) is 2.16. The fraction of sp³-hybridized carbons (Fsp3) is 0.143. The first-order valence-electron chi connectivity index (χ1n) is 3.66. The number of hydrogen-bond donors (Lipinski definition) is 3. The van der Waals surface area contributed by atoms with E-state index in [0.29, 0.717) is 0 Å². The second-order valence-corrected chi connectivity index (χ2v) is 2.15. The summed E-state index contributed by atoms with van der Waals surface area (Å²) in [5, 5.41) is 5.67. The maximum atomic E-state index is 6.60. The summed E-state index contributed by atoms with van der Waals surface area (Å²) >= 11 is 0. The number of aliphatic imine (C=N–C) groups is 1. The lowest BCUT2D eigenvalue weighted by atomic mass is 10.5. The molecule has 0 aromatic rings. The molecule has 7 heteroatoms. The predicted octanol–water partition coefficient (Wildman–Crippen LogP) is 0.496. The zero-order valence-corrected chi connectivity index (χ0v) is 7.94. The van der Waals surface area contributed by atoms with Gasteiger partial charge in [-0.2, -0.15) is 5.43 Å². The van der Waals surface area contributed by atoms with Gasteiger partial charge in [0.25, 0.3) is 0 Å². The normalized spacial score (nSPS) is 11.1. The van der Waals surface area contributed by atoms with E-state index in [0.717, 1.165) is 4.79 Å². The highest BCUT2D eigenvalue weighted by atomic mass is 15.7. The van der Waals surface area contributed by atoms with E-state index in [9.17, 15) is 0 Å². The highest BCUT2D eigenvalue weighted by Gasteiger charge is 1.95. The molecular formula is C7H13N7. The van der Waals surface area contributed by atoms with E-state index in [2.05, 4.69) is 34.3 Å². The summed E-state index contributed by atoms with van der Waals surface area (Å²) < 4.78 is 0. The third-order valence-corrected chi connectivity index (χ3v) is 1.05. The summed E-state index contributed by atoms with van der Waals surface area (Å²) in [5.41, 5.74) is 15.8. The maximum Gasteiger partial charge on any atom is 0.0801 e. The largest absolute Gasteiger partial charge is 0.398 e. The second-order valence-electron chi connectivity index (χ2n) is 2.15. The molecule has 0 atom stereocenters. The Labute approximate surface area is 82.2 Å². The van der Waals surface area contributed by atoms with Crippen molar-refractivity contribution < 1.29 is 4.79 Å². The van der Waals surface area contributed by atoms with Crippen molar-refractivity contribution in [3.8, 4) is 0 Å². The Morgan fingerprint density at radius 2 is 2.36 bits per heavy atom. The standard InChI is InChI=1S/C7H13N7/c1-6(8)7(11-5-4-10-2)12-14(3)13-9/h4-5,9-10H,1,3,8H2,2H3/b5-4-,11-7?,13-9?. The van der Waals surface area contributed by atoms with Crippen molar-refractivity contribution in [2.75, 3.05) is 7.05 Å². The molecule has 0 aromatic heterocycles. The van der Waals surface area contributed by atoms with Crippen molar-refractivity contribution in [2.24, 2.45) is 15.9 Å². The molecule has 0 aromatic carbocycles. The van der Waals surface area contributed by atoms with Crippen LogP contribution >= 0.6 is 0 Å². The third-order valence-electron chi connectivity index (χ3n) is 1.05. The van der Waals surface area contributed by atoms with Crippen LogP contribution in [0.2, 0.25) is 0 Å². The minimum atomic E-state index is 0.155. The Balaban J connectivity index is 4.51. The van der Waals surface area contributed by atoms with Crippen molar-refractivity contribution in [3.05, 3.63) is 30.1 Å². The molecule has 0 spiro atoms. The number of nitrogens with two attached hydrogens (primary N) is 1. The van der Waals surface area contributed by atoms with Crippen molar-refractivity contribution in [2.45, 2.75) is 0 Å². The minimum absolute atomic E-state index is 0.155. The predicted molar refractivity (Wildman–Crippen MR) is 54.9 cm³/mol. The van der Waals surface area contributed by atoms with E-state index in [-0.39, 0.29) is 11.5 Å². The maximum absolute atomic E-state index is 6.60. The first-order chi connectivity index (χ1) is 6.61. The fourth-order valence-electron chi connectivity index (χ4n) is 0.487. The molecule has 0 heterocycles. The highest BCUT2D eigenvalue weighted by Crippen LogP contribution is 1.99. The zero-order valence-electron chi connectivity index (χ0n) is 7.94. The van der Waals surface area contributed by atoms with Crippen LogP contribution in [0.4, 0.5) is 0 Å². The summed E-state index contributed by atoms with van der Waals surface area (Å²) in [6.45, 7) is 6.77. The summed E-state index contributed by atoms with van der Waals surface area (Å²) in [5.74, 6) is 0.155. The zero-order chi connectivity index (χ0) is 11.0. The van der Waals surface area contributed by atoms with Crippen LogP contribution in [-0.2, 0) is 0 Å². The van der Waals surface area contributed by atoms with E-state index in [1.807, 2.05) is 0 Å². The van der Waals surface area contributed by atoms with Gasteiger partial charge in [-0.05, 0) is 12.4 Å². The second kappa shape index (κ2) is 6.35. The summed E-state index contributed by atoms with van der Waals surface area (Å²) in [7, 11) is 1.73. The highest BCUT2D eigenvalue weighted by molar-refractivity contribution is 6.05. The molecular weight excluding hydrogens is 182 g/mol. The molecule has 0 aliphatic rings. The van der Waals surface area contributed by atoms with E-state index in [4.69, 9.17) is 11.3 Å². The van der Waals surface area contributed by atoms with Crippen molar-refractivity contribution in [3.63, 3.8) is 0 Å². The lowest BCUT2D eigenvalue weighted by molar-refractivity contribution is -0.478. The van der Waals surface area contributed by atoms with Gasteiger partial charge in [-0.1, -0.05) is 12.1 Å². The molecule has 0 bridgehead atoms. The van der Waals surface area contributed by atoms with E-state index in [1.165, 1.54) is 6.20 Å². The summed E-state index contributed by atoms with van der Waals surface area (Å²) in [6.07, 6.45) is 3.04. The van der Waals surface area contributed by atoms with Crippen LogP contribution in [0.15, 0.2) is 34.9 Å². The van der Waals surface area contributed by atoms with Gasteiger partial charge < -0.3 is 16.0 Å². The molecule has 7 nitrogen and oxygen atoms in total. The van der Waals surface area contributed by atoms with Gasteiger partial charge in [-0.3, -0.25) is 0 Å². The molecule has 14 heavy (non-hydrogen) atoms. The van der Waals surface area contributed by atoms with Gasteiger partial charge in [0.15, 0.2) is 0 Å². The quantitative estimate of drug-likeness (QED) is 0.195. The number of amidine groups is 1. The molecule has 0 saturated heterocycles. The van der Waals surface area contributed by atoms with Crippen LogP contribution < -0.4 is 11.1 Å². The number of nitrogens with one attached hydrogen (secondary N) is 2. The van der Waals surface area contributed by atoms with Crippen molar-refractivity contribution >= 4 is 12.6 Å². The van der Waals surface area contributed by atoms with Crippen LogP contribution in [-0.4, -0.2) is 24.4 Å². The van der Waals surface area contributed by atoms with Gasteiger partial charge in [0.1, 0.15) is 0 Å². The monoisotopic (exact) mass is 195 g/mol. The Hall–Kier alpha value is -2.18. The number of rotatable bonds is 5. The lowest BCUT2D eigenvalue weighted by Gasteiger charge is -2.09. The molecule has 0 saturated carbocycles. The van der Waals surface area contributed by atoms with Crippen LogP contribution in [0.5, 0.6) is 0 Å². The average molecular weight is 195 g/mol. The SMILES string of the molecule is C=C(N)C(=N/C=C\NC)[N-][N+](=C)N=N. The Morgan fingerprint density at radius 1 is 1.71 bits per heavy atom. The lowest BCUT2D eigenvalue weighted by Crippen LogP contribution is -2.12. The molecule has 0 aliphatic carbocycles. The van der Waals surface area contributed by atoms with Crippen LogP contribution in [0.1, 0.15) is 0 Å². The molecule has 0 radical (unpaired) electrons. The molecule has 0 aliphatic heterocycles. The number of hydrogen-bond acceptors (Lipinski definition) is 5. The van der Waals surface area contributed by atoms with Gasteiger partial charge in [0.05, 0.1) is 12.6 Å². The van der Waals surface area contributed by atoms with E-state index >= 15 is 0 Å². The van der Waals surface area contributed by atoms with Gasteiger partial charge >= 0.3 is 0 Å². The molecule has 76 valence electrons. The van der Waals surface area contributed by atoms with Gasteiger partial charge in [-0.15, -0.1) is 4.79 Å². The third kappa shape index (κ3) is 4.65. The molecule has 0 rings (SSSR count). The van der Waals surface area contributed by atoms with E-state index < -0.39 is 0 Å². The van der Waals surface area contributed by atoms with Crippen molar-refractivity contribution in [1.29, 1.82) is 5.53 Å². The topological polar surface area (TPSA) is 104 Å². The molecule has 0 amide bonds. The molecule has 0 unspecified atom stereocenters. The van der Waals surface area contributed by atoms with Gasteiger partial charge in [0, 0.05) is 18.0 Å². The summed E-state index contributed by atoms with van der Waals surface area (Å²) in [6, 6.07) is 0. The Bertz CT molecular complexity index is 288. The minimum Gasteiger partial charge on any atom is -0.398 e. The first kappa shape index (κ1) is 11.8. The molecule has 4 N–H and O–H groups in total. The Morgan fingerprint density at radius 3 is 2.79 bits per heavy atom. The Kier molecular flexibility index (Phi) is 5.36. The number of nitrogens with zero attached hydrogens (tertiary/aromatic N) is 4. The van der Waals surface area contributed by atoms with E-state index in [1.54, 1.807) is 13.2 Å². The molecule has 0 fully saturated rings. The van der Waals surface area contributed by atoms with Crippen LogP contribution in [0.25, 0.3) is 5.43 Å². The van der Waals surface area contributed by atoms with Crippen LogP contribution in [0.3, 0.4) is 0 Å². The first-order valence-corrected chi connectivity index (χ1v) is 3.66. The fourth-order valence-corrected chi connectivity index (χ4v) is 0.487.